The summed E-state index contributed by atoms with van der Waals surface area (Å²) in [5, 5.41) is 14.1. The van der Waals surface area contributed by atoms with E-state index < -0.39 is 16.1 Å². The van der Waals surface area contributed by atoms with Crippen LogP contribution >= 0.6 is 0 Å². The Morgan fingerprint density at radius 1 is 0.886 bits per heavy atom. The van der Waals surface area contributed by atoms with Crippen LogP contribution in [0.5, 0.6) is 11.5 Å². The fourth-order valence-corrected chi connectivity index (χ4v) is 4.92. The molecule has 10 heteroatoms. The number of ether oxygens (including phenoxy) is 3. The molecule has 0 aliphatic rings. The second kappa shape index (κ2) is 15.4. The smallest absolute Gasteiger partial charge is 0.338 e. The molecule has 4 rings (SSSR count). The highest BCUT2D eigenvalue weighted by molar-refractivity contribution is 7.92. The molecule has 4 aromatic carbocycles. The fourth-order valence-electron chi connectivity index (χ4n) is 4.36. The summed E-state index contributed by atoms with van der Waals surface area (Å²) >= 11 is 0. The molecule has 232 valence electrons. The van der Waals surface area contributed by atoms with E-state index in [1.807, 2.05) is 73.7 Å². The molecule has 0 saturated heterocycles. The van der Waals surface area contributed by atoms with Gasteiger partial charge in [0.25, 0.3) is 0 Å². The van der Waals surface area contributed by atoms with Gasteiger partial charge in [0, 0.05) is 12.6 Å². The van der Waals surface area contributed by atoms with Gasteiger partial charge in [0.1, 0.15) is 24.7 Å². The van der Waals surface area contributed by atoms with Crippen molar-refractivity contribution >= 4 is 21.7 Å². The van der Waals surface area contributed by atoms with Gasteiger partial charge in [-0.15, -0.1) is 0 Å². The van der Waals surface area contributed by atoms with Crippen molar-refractivity contribution in [2.75, 3.05) is 30.7 Å². The van der Waals surface area contributed by atoms with Gasteiger partial charge in [0.05, 0.1) is 30.2 Å². The molecule has 0 bridgehead atoms. The third kappa shape index (κ3) is 9.84. The monoisotopic (exact) mass is 618 g/mol. The van der Waals surface area contributed by atoms with Gasteiger partial charge < -0.3 is 24.6 Å². The Morgan fingerprint density at radius 2 is 1.55 bits per heavy atom. The number of aliphatic hydroxyl groups excluding tert-OH is 1. The van der Waals surface area contributed by atoms with E-state index in [0.29, 0.717) is 35.8 Å². The van der Waals surface area contributed by atoms with E-state index >= 15 is 0 Å². The van der Waals surface area contributed by atoms with E-state index in [2.05, 4.69) is 10.0 Å². The van der Waals surface area contributed by atoms with Gasteiger partial charge in [-0.3, -0.25) is 4.72 Å². The number of sulfonamides is 1. The summed E-state index contributed by atoms with van der Waals surface area (Å²) in [5.41, 5.74) is 4.21. The lowest BCUT2D eigenvalue weighted by Gasteiger charge is -2.20. The molecular weight excluding hydrogens is 580 g/mol. The number of hydrogen-bond donors (Lipinski definition) is 3. The molecule has 4 aromatic rings. The topological polar surface area (TPSA) is 123 Å². The lowest BCUT2D eigenvalue weighted by Crippen LogP contribution is -2.34. The van der Waals surface area contributed by atoms with Crippen molar-refractivity contribution in [3.8, 4) is 22.6 Å². The number of nitrogens with one attached hydrogen (secondary N) is 2. The summed E-state index contributed by atoms with van der Waals surface area (Å²) in [6.45, 7) is 4.93. The van der Waals surface area contributed by atoms with Gasteiger partial charge >= 0.3 is 5.97 Å². The van der Waals surface area contributed by atoms with E-state index in [-0.39, 0.29) is 30.9 Å². The SMILES string of the molecule is CCOC(=O)c1ccc(-c2ccc(OCC(C)NCC(O)c3ccc(OCc4ccccc4)c(NS(C)(=O)=O)c3)cc2)cc1. The van der Waals surface area contributed by atoms with Gasteiger partial charge in [0.15, 0.2) is 0 Å². The number of aliphatic hydroxyl groups is 1. The predicted molar refractivity (Wildman–Crippen MR) is 171 cm³/mol. The normalized spacial score (nSPS) is 12.6. The Kier molecular flexibility index (Phi) is 11.4. The summed E-state index contributed by atoms with van der Waals surface area (Å²) in [6.07, 6.45) is 0.175. The number of carbonyl (C=O) groups is 1. The number of hydrogen-bond acceptors (Lipinski definition) is 8. The van der Waals surface area contributed by atoms with E-state index in [4.69, 9.17) is 14.2 Å². The molecule has 2 unspecified atom stereocenters. The zero-order valence-corrected chi connectivity index (χ0v) is 25.8. The first-order valence-electron chi connectivity index (χ1n) is 14.3. The maximum atomic E-state index is 12.0. The highest BCUT2D eigenvalue weighted by Gasteiger charge is 2.16. The van der Waals surface area contributed by atoms with Crippen LogP contribution in [0.3, 0.4) is 0 Å². The average Bonchev–Trinajstić information content (AvgIpc) is 3.02. The zero-order valence-electron chi connectivity index (χ0n) is 25.0. The van der Waals surface area contributed by atoms with Crippen molar-refractivity contribution in [3.63, 3.8) is 0 Å². The van der Waals surface area contributed by atoms with Crippen LogP contribution in [-0.4, -0.2) is 51.5 Å². The Labute approximate surface area is 258 Å². The van der Waals surface area contributed by atoms with Gasteiger partial charge in [0.2, 0.25) is 10.0 Å². The Hall–Kier alpha value is -4.38. The van der Waals surface area contributed by atoms with Gasteiger partial charge in [-0.2, -0.15) is 0 Å². The summed E-state index contributed by atoms with van der Waals surface area (Å²) in [6, 6.07) is 29.3. The van der Waals surface area contributed by atoms with E-state index in [0.717, 1.165) is 22.9 Å². The molecule has 2 atom stereocenters. The minimum absolute atomic E-state index is 0.0816. The number of benzene rings is 4. The minimum atomic E-state index is -3.57. The van der Waals surface area contributed by atoms with Crippen LogP contribution in [0.2, 0.25) is 0 Å². The van der Waals surface area contributed by atoms with Crippen molar-refractivity contribution < 1.29 is 32.5 Å². The van der Waals surface area contributed by atoms with Crippen molar-refractivity contribution in [2.45, 2.75) is 32.6 Å². The summed E-state index contributed by atoms with van der Waals surface area (Å²) in [4.78, 5) is 11.9. The molecule has 9 nitrogen and oxygen atoms in total. The number of carbonyl (C=O) groups excluding carboxylic acids is 1. The third-order valence-electron chi connectivity index (χ3n) is 6.66. The maximum Gasteiger partial charge on any atom is 0.338 e. The molecule has 3 N–H and O–H groups in total. The number of rotatable bonds is 15. The molecule has 0 amide bonds. The van der Waals surface area contributed by atoms with Crippen LogP contribution < -0.4 is 19.5 Å². The lowest BCUT2D eigenvalue weighted by molar-refractivity contribution is 0.0526. The molecule has 0 heterocycles. The van der Waals surface area contributed by atoms with Crippen LogP contribution in [0.4, 0.5) is 5.69 Å². The highest BCUT2D eigenvalue weighted by Crippen LogP contribution is 2.30. The summed E-state index contributed by atoms with van der Waals surface area (Å²) in [7, 11) is -3.57. The Morgan fingerprint density at radius 3 is 2.18 bits per heavy atom. The molecule has 0 fully saturated rings. The highest BCUT2D eigenvalue weighted by atomic mass is 32.2. The van der Waals surface area contributed by atoms with E-state index in [1.54, 1.807) is 37.3 Å². The van der Waals surface area contributed by atoms with Crippen molar-refractivity contribution in [1.82, 2.24) is 5.32 Å². The molecule has 0 saturated carbocycles. The molecule has 0 aliphatic carbocycles. The Bertz CT molecular complexity index is 1610. The van der Waals surface area contributed by atoms with Crippen LogP contribution in [0, 0.1) is 0 Å². The molecule has 0 radical (unpaired) electrons. The first-order chi connectivity index (χ1) is 21.1. The standard InChI is InChI=1S/C34H38N2O7S/c1-4-41-34(38)28-12-10-26(11-13-28)27-14-17-30(18-15-27)42-22-24(2)35-21-32(37)29-16-19-33(31(20-29)36-44(3,39)40)43-23-25-8-6-5-7-9-25/h5-20,24,32,35-37H,4,21-23H2,1-3H3. The molecular formula is C34H38N2O7S. The molecule has 0 spiro atoms. The summed E-state index contributed by atoms with van der Waals surface area (Å²) < 4.78 is 43.3. The quantitative estimate of drug-likeness (QED) is 0.148. The Balaban J connectivity index is 1.29. The molecule has 0 aliphatic heterocycles. The summed E-state index contributed by atoms with van der Waals surface area (Å²) in [5.74, 6) is 0.729. The van der Waals surface area contributed by atoms with Crippen LogP contribution in [-0.2, 0) is 21.4 Å². The van der Waals surface area contributed by atoms with E-state index in [9.17, 15) is 18.3 Å². The van der Waals surface area contributed by atoms with Crippen molar-refractivity contribution in [2.24, 2.45) is 0 Å². The van der Waals surface area contributed by atoms with Gasteiger partial charge in [-0.1, -0.05) is 60.7 Å². The maximum absolute atomic E-state index is 12.0. The molecule has 0 aromatic heterocycles. The third-order valence-corrected chi connectivity index (χ3v) is 7.25. The second-order valence-electron chi connectivity index (χ2n) is 10.4. The van der Waals surface area contributed by atoms with Crippen molar-refractivity contribution in [3.05, 3.63) is 114 Å². The van der Waals surface area contributed by atoms with E-state index in [1.165, 1.54) is 0 Å². The minimum Gasteiger partial charge on any atom is -0.492 e. The first-order valence-corrected chi connectivity index (χ1v) is 16.2. The van der Waals surface area contributed by atoms with Crippen molar-refractivity contribution in [1.29, 1.82) is 0 Å². The first kappa shape index (κ1) is 32.5. The fraction of sp³-hybridized carbons (Fsp3) is 0.265. The van der Waals surface area contributed by atoms with Crippen LogP contribution in [0.1, 0.15) is 41.4 Å². The van der Waals surface area contributed by atoms with Crippen LogP contribution in [0.25, 0.3) is 11.1 Å². The zero-order chi connectivity index (χ0) is 31.5. The van der Waals surface area contributed by atoms with Gasteiger partial charge in [-0.05, 0) is 72.5 Å². The predicted octanol–water partition coefficient (Wildman–Crippen LogP) is 5.57. The van der Waals surface area contributed by atoms with Crippen LogP contribution in [0.15, 0.2) is 97.1 Å². The number of esters is 1. The number of anilines is 1. The molecule has 44 heavy (non-hydrogen) atoms. The largest absolute Gasteiger partial charge is 0.492 e. The second-order valence-corrected chi connectivity index (χ2v) is 12.1. The lowest BCUT2D eigenvalue weighted by atomic mass is 10.0. The van der Waals surface area contributed by atoms with Gasteiger partial charge in [-0.25, -0.2) is 13.2 Å². The average molecular weight is 619 g/mol.